The molecule has 0 saturated heterocycles. The Kier molecular flexibility index (Phi) is 5.47. The summed E-state index contributed by atoms with van der Waals surface area (Å²) in [5.74, 6) is 0.378. The van der Waals surface area contributed by atoms with Crippen molar-refractivity contribution in [3.05, 3.63) is 30.1 Å². The van der Waals surface area contributed by atoms with Crippen molar-refractivity contribution in [3.63, 3.8) is 0 Å². The maximum absolute atomic E-state index is 13.1. The molecular weight excluding hydrogens is 389 g/mol. The number of aryl methyl sites for hydroxylation is 1. The van der Waals surface area contributed by atoms with Gasteiger partial charge in [-0.15, -0.1) is 11.8 Å². The topological polar surface area (TPSA) is 8.81 Å². The van der Waals surface area contributed by atoms with Crippen molar-refractivity contribution in [1.29, 1.82) is 0 Å². The fraction of sp³-hybridized carbons (Fsp3) is 0.273. The maximum Gasteiger partial charge on any atom is 0.388 e. The Morgan fingerprint density at radius 3 is 2.56 bits per heavy atom. The monoisotopic (exact) mass is 400 g/mol. The summed E-state index contributed by atoms with van der Waals surface area (Å²) in [6.45, 7) is -2.60. The zero-order valence-corrected chi connectivity index (χ0v) is 13.5. The lowest BCUT2D eigenvalue weighted by Crippen LogP contribution is -3.00. The van der Waals surface area contributed by atoms with Gasteiger partial charge < -0.3 is 24.0 Å². The first-order valence-corrected chi connectivity index (χ1v) is 6.56. The van der Waals surface area contributed by atoms with Crippen LogP contribution in [0.1, 0.15) is 12.4 Å². The summed E-state index contributed by atoms with van der Waals surface area (Å²) in [6.07, 6.45) is 1.79. The molecule has 2 nitrogen and oxygen atoms in total. The summed E-state index contributed by atoms with van der Waals surface area (Å²) in [5, 5.41) is 0. The Labute approximate surface area is 130 Å². The third-order valence-electron chi connectivity index (χ3n) is 2.61. The molecule has 1 heterocycles. The number of thioether (sulfide) groups is 1. The van der Waals surface area contributed by atoms with Crippen LogP contribution in [0.15, 0.2) is 24.3 Å². The molecule has 98 valence electrons. The molecule has 0 spiro atoms. The number of nitrogens with zero attached hydrogens (tertiary/aromatic N) is 2. The van der Waals surface area contributed by atoms with Crippen LogP contribution < -0.4 is 28.5 Å². The van der Waals surface area contributed by atoms with Crippen LogP contribution in [0.4, 0.5) is 8.78 Å². The van der Waals surface area contributed by atoms with Crippen LogP contribution in [0, 0.1) is 0 Å². The predicted molar refractivity (Wildman–Crippen MR) is 69.6 cm³/mol. The highest BCUT2D eigenvalue weighted by molar-refractivity contribution is 8.23. The quantitative estimate of drug-likeness (QED) is 0.396. The lowest BCUT2D eigenvalue weighted by Gasteiger charge is -2.00. The van der Waals surface area contributed by atoms with E-state index in [2.05, 4.69) is 0 Å². The third kappa shape index (κ3) is 2.53. The van der Waals surface area contributed by atoms with Crippen LogP contribution in [-0.2, 0) is 7.05 Å². The first kappa shape index (κ1) is 15.8. The summed E-state index contributed by atoms with van der Waals surface area (Å²) >= 11 is 6.44. The molecule has 0 amide bonds. The standard InChI is InChI=1S/C11H11F2N2S2.HI/c1-14-7-5-3-4-6-8(7)15(11(12)13)9(14)10(16)17-2;/h3-6,11H,1-2H3;1H/q+1;/p-1. The molecule has 0 N–H and O–H groups in total. The first-order chi connectivity index (χ1) is 8.07. The molecule has 2 rings (SSSR count). The molecule has 0 radical (unpaired) electrons. The van der Waals surface area contributed by atoms with E-state index >= 15 is 0 Å². The number of benzene rings is 1. The number of rotatable bonds is 2. The number of halogens is 3. The lowest BCUT2D eigenvalue weighted by molar-refractivity contribution is -0.647. The van der Waals surface area contributed by atoms with Gasteiger partial charge in [-0.1, -0.05) is 24.4 Å². The van der Waals surface area contributed by atoms with E-state index in [-0.39, 0.29) is 24.0 Å². The number of hydrogen-bond acceptors (Lipinski definition) is 2. The minimum absolute atomic E-state index is 0. The summed E-state index contributed by atoms with van der Waals surface area (Å²) in [5.41, 5.74) is 1.25. The first-order valence-electron chi connectivity index (χ1n) is 4.93. The number of aromatic nitrogens is 2. The normalized spacial score (nSPS) is 10.7. The van der Waals surface area contributed by atoms with Gasteiger partial charge in [0.1, 0.15) is 0 Å². The second kappa shape index (κ2) is 6.25. The zero-order chi connectivity index (χ0) is 12.6. The third-order valence-corrected chi connectivity index (χ3v) is 3.85. The second-order valence-electron chi connectivity index (χ2n) is 3.51. The van der Waals surface area contributed by atoms with Gasteiger partial charge in [0.2, 0.25) is 0 Å². The molecule has 18 heavy (non-hydrogen) atoms. The van der Waals surface area contributed by atoms with Crippen molar-refractivity contribution in [2.45, 2.75) is 6.55 Å². The lowest BCUT2D eigenvalue weighted by atomic mass is 10.3. The average molecular weight is 400 g/mol. The molecule has 0 aliphatic heterocycles. The van der Waals surface area contributed by atoms with E-state index in [0.717, 1.165) is 10.1 Å². The predicted octanol–water partition coefficient (Wildman–Crippen LogP) is -0.0966. The van der Waals surface area contributed by atoms with Crippen molar-refractivity contribution in [2.75, 3.05) is 6.26 Å². The van der Waals surface area contributed by atoms with Gasteiger partial charge in [-0.05, 0) is 18.4 Å². The van der Waals surface area contributed by atoms with Crippen LogP contribution in [0.3, 0.4) is 0 Å². The molecule has 1 aromatic carbocycles. The summed E-state index contributed by atoms with van der Waals surface area (Å²) in [4.78, 5) is 0. The molecule has 1 aromatic heterocycles. The van der Waals surface area contributed by atoms with Crippen LogP contribution in [0.25, 0.3) is 11.0 Å². The van der Waals surface area contributed by atoms with Crippen LogP contribution in [-0.4, -0.2) is 15.0 Å². The van der Waals surface area contributed by atoms with Gasteiger partial charge in [0.05, 0.1) is 7.05 Å². The average Bonchev–Trinajstić information content (AvgIpc) is 2.62. The number of imidazole rings is 1. The van der Waals surface area contributed by atoms with Crippen LogP contribution in [0.5, 0.6) is 0 Å². The van der Waals surface area contributed by atoms with E-state index in [1.807, 2.05) is 6.07 Å². The Balaban J connectivity index is 0.00000162. The van der Waals surface area contributed by atoms with Crippen molar-refractivity contribution in [3.8, 4) is 0 Å². The van der Waals surface area contributed by atoms with Gasteiger partial charge in [-0.3, -0.25) is 0 Å². The van der Waals surface area contributed by atoms with E-state index in [9.17, 15) is 8.78 Å². The molecule has 0 unspecified atom stereocenters. The van der Waals surface area contributed by atoms with Crippen molar-refractivity contribution in [2.24, 2.45) is 7.05 Å². The Bertz CT molecular complexity index is 584. The minimum Gasteiger partial charge on any atom is -1.00 e. The van der Waals surface area contributed by atoms with E-state index in [1.165, 1.54) is 11.8 Å². The SMILES string of the molecule is CSC(=S)c1n(C(F)F)c2ccccc2[n+]1C.[I-]. The van der Waals surface area contributed by atoms with Crippen molar-refractivity contribution in [1.82, 2.24) is 4.57 Å². The van der Waals surface area contributed by atoms with E-state index in [0.29, 0.717) is 15.5 Å². The Morgan fingerprint density at radius 2 is 2.00 bits per heavy atom. The van der Waals surface area contributed by atoms with E-state index < -0.39 is 6.55 Å². The van der Waals surface area contributed by atoms with Crippen molar-refractivity contribution >= 4 is 39.2 Å². The molecule has 0 fully saturated rings. The molecule has 0 atom stereocenters. The maximum atomic E-state index is 13.1. The molecule has 0 saturated carbocycles. The summed E-state index contributed by atoms with van der Waals surface area (Å²) in [7, 11) is 1.75. The number of alkyl halides is 2. The number of para-hydroxylation sites is 2. The van der Waals surface area contributed by atoms with E-state index in [1.54, 1.807) is 36.1 Å². The minimum atomic E-state index is -2.60. The fourth-order valence-electron chi connectivity index (χ4n) is 1.87. The largest absolute Gasteiger partial charge is 1.00 e. The molecule has 0 bridgehead atoms. The Hall–Kier alpha value is -0.280. The number of fused-ring (bicyclic) bond motifs is 1. The zero-order valence-electron chi connectivity index (χ0n) is 9.73. The van der Waals surface area contributed by atoms with Crippen LogP contribution >= 0.6 is 24.0 Å². The molecule has 2 aromatic rings. The van der Waals surface area contributed by atoms with Gasteiger partial charge in [0.15, 0.2) is 15.2 Å². The van der Waals surface area contributed by atoms with Gasteiger partial charge >= 0.3 is 12.4 Å². The van der Waals surface area contributed by atoms with Gasteiger partial charge in [-0.25, -0.2) is 4.57 Å². The molecule has 0 aliphatic rings. The fourth-order valence-corrected chi connectivity index (χ4v) is 2.52. The Morgan fingerprint density at radius 1 is 1.39 bits per heavy atom. The number of thiocarbonyl (C=S) groups is 1. The highest BCUT2D eigenvalue weighted by Gasteiger charge is 2.30. The van der Waals surface area contributed by atoms with Gasteiger partial charge in [0, 0.05) is 0 Å². The smallest absolute Gasteiger partial charge is 0.388 e. The van der Waals surface area contributed by atoms with Gasteiger partial charge in [0.25, 0.3) is 0 Å². The molecule has 7 heteroatoms. The van der Waals surface area contributed by atoms with Crippen molar-refractivity contribution < 1.29 is 37.3 Å². The van der Waals surface area contributed by atoms with Gasteiger partial charge in [-0.2, -0.15) is 13.3 Å². The highest BCUT2D eigenvalue weighted by Crippen LogP contribution is 2.23. The summed E-state index contributed by atoms with van der Waals surface area (Å²) < 4.78 is 29.4. The van der Waals surface area contributed by atoms with Crippen LogP contribution in [0.2, 0.25) is 0 Å². The molecular formula is C11H11F2IN2S2. The second-order valence-corrected chi connectivity index (χ2v) is 4.99. The summed E-state index contributed by atoms with van der Waals surface area (Å²) in [6, 6.07) is 7.05. The van der Waals surface area contributed by atoms with E-state index in [4.69, 9.17) is 12.2 Å². The highest BCUT2D eigenvalue weighted by atomic mass is 127. The number of hydrogen-bond donors (Lipinski definition) is 0. The molecule has 0 aliphatic carbocycles.